The van der Waals surface area contributed by atoms with E-state index in [1.165, 1.54) is 29.6 Å². The first-order valence-electron chi connectivity index (χ1n) is 7.30. The van der Waals surface area contributed by atoms with Crippen LogP contribution in [0.2, 0.25) is 0 Å². The minimum absolute atomic E-state index is 0.141. The number of hydrogen-bond acceptors (Lipinski definition) is 3. The summed E-state index contributed by atoms with van der Waals surface area (Å²) in [6, 6.07) is 6.25. The molecule has 1 N–H and O–H groups in total. The van der Waals surface area contributed by atoms with Gasteiger partial charge in [0.1, 0.15) is 5.75 Å². The normalized spacial score (nSPS) is 15.6. The molecule has 1 aromatic rings. The summed E-state index contributed by atoms with van der Waals surface area (Å²) < 4.78 is 12.9. The molecule has 1 aliphatic heterocycles. The maximum atomic E-state index is 11.7. The summed E-state index contributed by atoms with van der Waals surface area (Å²) in [4.78, 5) is 11.7. The minimum Gasteiger partial charge on any atom is -0.508 e. The fourth-order valence-corrected chi connectivity index (χ4v) is 2.34. The Bertz CT molecular complexity index is 467. The molecule has 120 valence electrons. The van der Waals surface area contributed by atoms with Gasteiger partial charge < -0.3 is 5.11 Å². The van der Waals surface area contributed by atoms with Crippen LogP contribution in [0.1, 0.15) is 47.1 Å². The third kappa shape index (κ3) is 6.12. The number of carbonyl (C=O) groups excluding carboxylic acids is 1. The highest BCUT2D eigenvalue weighted by Gasteiger charge is 2.26. The number of likely N-dealkylation sites (N-methyl/N-ethyl adjacent to an activating group) is 1. The quantitative estimate of drug-likeness (QED) is 0.854. The topological polar surface area (TPSA) is 57.6 Å². The Morgan fingerprint density at radius 2 is 1.38 bits per heavy atom. The van der Waals surface area contributed by atoms with Gasteiger partial charge in [-0.25, -0.2) is 4.21 Å². The molecule has 0 bridgehead atoms. The van der Waals surface area contributed by atoms with Crippen molar-refractivity contribution in [2.24, 2.45) is 0 Å². The van der Waals surface area contributed by atoms with Crippen LogP contribution in [0, 0.1) is 0 Å². The van der Waals surface area contributed by atoms with Crippen molar-refractivity contribution in [2.45, 2.75) is 41.5 Å². The minimum atomic E-state index is -1.43. The van der Waals surface area contributed by atoms with Crippen molar-refractivity contribution in [3.05, 3.63) is 35.9 Å². The van der Waals surface area contributed by atoms with Crippen molar-refractivity contribution in [2.75, 3.05) is 7.05 Å². The van der Waals surface area contributed by atoms with E-state index >= 15 is 0 Å². The van der Waals surface area contributed by atoms with Gasteiger partial charge in [-0.1, -0.05) is 53.7 Å². The largest absolute Gasteiger partial charge is 0.508 e. The zero-order valence-electron chi connectivity index (χ0n) is 14.0. The Morgan fingerprint density at radius 1 is 0.952 bits per heavy atom. The SMILES string of the molecule is CC.CC.CC.CN1C(=O)C=C(c2ccc(O)cc2)S1=O. The molecule has 21 heavy (non-hydrogen) atoms. The van der Waals surface area contributed by atoms with E-state index in [-0.39, 0.29) is 11.7 Å². The van der Waals surface area contributed by atoms with E-state index in [2.05, 4.69) is 0 Å². The summed E-state index contributed by atoms with van der Waals surface area (Å²) >= 11 is 0. The van der Waals surface area contributed by atoms with Gasteiger partial charge in [-0.05, 0) is 17.7 Å². The molecular formula is C16H27NO3S. The van der Waals surface area contributed by atoms with Gasteiger partial charge in [0.2, 0.25) is 0 Å². The van der Waals surface area contributed by atoms with E-state index in [0.717, 1.165) is 0 Å². The number of amides is 1. The van der Waals surface area contributed by atoms with Crippen molar-refractivity contribution in [1.29, 1.82) is 0 Å². The predicted molar refractivity (Wildman–Crippen MR) is 91.0 cm³/mol. The van der Waals surface area contributed by atoms with Crippen LogP contribution in [0.5, 0.6) is 5.75 Å². The van der Waals surface area contributed by atoms with E-state index in [1.807, 2.05) is 41.5 Å². The Morgan fingerprint density at radius 3 is 1.71 bits per heavy atom. The van der Waals surface area contributed by atoms with Gasteiger partial charge in [-0.2, -0.15) is 0 Å². The third-order valence-electron chi connectivity index (χ3n) is 2.15. The summed E-state index contributed by atoms with van der Waals surface area (Å²) in [5, 5.41) is 9.10. The lowest BCUT2D eigenvalue weighted by molar-refractivity contribution is -0.120. The average molecular weight is 313 g/mol. The van der Waals surface area contributed by atoms with Crippen LogP contribution in [-0.2, 0) is 15.8 Å². The number of phenolic OH excluding ortho intramolecular Hbond substituents is 1. The number of carbonyl (C=O) groups is 1. The lowest BCUT2D eigenvalue weighted by Gasteiger charge is -2.07. The molecule has 2 rings (SSSR count). The molecule has 5 heteroatoms. The lowest BCUT2D eigenvalue weighted by Crippen LogP contribution is -2.20. The maximum absolute atomic E-state index is 11.7. The molecule has 1 atom stereocenters. The molecule has 0 radical (unpaired) electrons. The molecule has 1 amide bonds. The van der Waals surface area contributed by atoms with Gasteiger partial charge in [0, 0.05) is 13.1 Å². The summed E-state index contributed by atoms with van der Waals surface area (Å²) in [7, 11) is 0.0587. The molecule has 0 saturated heterocycles. The van der Waals surface area contributed by atoms with Crippen LogP contribution in [0.4, 0.5) is 0 Å². The first-order chi connectivity index (χ1) is 10.1. The molecule has 0 fully saturated rings. The van der Waals surface area contributed by atoms with Crippen molar-refractivity contribution < 1.29 is 14.1 Å². The molecule has 0 aliphatic carbocycles. The van der Waals surface area contributed by atoms with Crippen LogP contribution in [0.15, 0.2) is 30.3 Å². The fraction of sp³-hybridized carbons (Fsp3) is 0.438. The Balaban J connectivity index is 0. The number of aromatic hydroxyl groups is 1. The van der Waals surface area contributed by atoms with Crippen molar-refractivity contribution >= 4 is 21.8 Å². The van der Waals surface area contributed by atoms with Gasteiger partial charge in [0.05, 0.1) is 4.91 Å². The predicted octanol–water partition coefficient (Wildman–Crippen LogP) is 3.95. The van der Waals surface area contributed by atoms with Crippen molar-refractivity contribution in [3.8, 4) is 5.75 Å². The van der Waals surface area contributed by atoms with Crippen molar-refractivity contribution in [1.82, 2.24) is 4.31 Å². The first kappa shape index (κ1) is 21.7. The number of benzene rings is 1. The van der Waals surface area contributed by atoms with Crippen LogP contribution >= 0.6 is 0 Å². The van der Waals surface area contributed by atoms with Gasteiger partial charge in [-0.3, -0.25) is 9.10 Å². The second kappa shape index (κ2) is 12.1. The highest BCUT2D eigenvalue weighted by atomic mass is 32.2. The van der Waals surface area contributed by atoms with Crippen LogP contribution < -0.4 is 0 Å². The average Bonchev–Trinajstić information content (AvgIpc) is 2.81. The number of nitrogens with zero attached hydrogens (tertiary/aromatic N) is 1. The van der Waals surface area contributed by atoms with Gasteiger partial charge in [0.15, 0.2) is 11.0 Å². The second-order valence-electron chi connectivity index (χ2n) is 3.14. The molecular weight excluding hydrogens is 286 g/mol. The molecule has 0 spiro atoms. The molecule has 1 heterocycles. The first-order valence-corrected chi connectivity index (χ1v) is 8.41. The van der Waals surface area contributed by atoms with E-state index in [1.54, 1.807) is 12.1 Å². The third-order valence-corrected chi connectivity index (χ3v) is 3.56. The maximum Gasteiger partial charge on any atom is 0.259 e. The highest BCUT2D eigenvalue weighted by molar-refractivity contribution is 7.93. The highest BCUT2D eigenvalue weighted by Crippen LogP contribution is 2.26. The summed E-state index contributed by atoms with van der Waals surface area (Å²) in [6.45, 7) is 12.0. The van der Waals surface area contributed by atoms with Gasteiger partial charge in [0.25, 0.3) is 5.91 Å². The van der Waals surface area contributed by atoms with E-state index < -0.39 is 11.0 Å². The zero-order valence-corrected chi connectivity index (χ0v) is 14.8. The summed E-state index contributed by atoms with van der Waals surface area (Å²) in [6.07, 6.45) is 1.35. The van der Waals surface area contributed by atoms with E-state index in [4.69, 9.17) is 5.11 Å². The molecule has 4 nitrogen and oxygen atoms in total. The number of hydrogen-bond donors (Lipinski definition) is 1. The Hall–Kier alpha value is -1.62. The van der Waals surface area contributed by atoms with Gasteiger partial charge in [-0.15, -0.1) is 0 Å². The summed E-state index contributed by atoms with van der Waals surface area (Å²) in [5.74, 6) is -0.126. The van der Waals surface area contributed by atoms with Gasteiger partial charge >= 0.3 is 0 Å². The Labute approximate surface area is 131 Å². The second-order valence-corrected chi connectivity index (χ2v) is 4.63. The summed E-state index contributed by atoms with van der Waals surface area (Å²) in [5.41, 5.74) is 0.684. The lowest BCUT2D eigenvalue weighted by atomic mass is 10.2. The molecule has 1 unspecified atom stereocenters. The standard InChI is InChI=1S/C10H9NO3S.3C2H6/c1-11-10(13)6-9(15(11)14)7-2-4-8(12)5-3-7;3*1-2/h2-6,12H,1H3;3*1-2H3. The molecule has 0 saturated carbocycles. The molecule has 0 aromatic heterocycles. The van der Waals surface area contributed by atoms with E-state index in [0.29, 0.717) is 10.5 Å². The zero-order chi connectivity index (χ0) is 17.0. The Kier molecular flexibility index (Phi) is 12.5. The smallest absolute Gasteiger partial charge is 0.259 e. The monoisotopic (exact) mass is 313 g/mol. The van der Waals surface area contributed by atoms with Crippen LogP contribution in [0.3, 0.4) is 0 Å². The van der Waals surface area contributed by atoms with E-state index in [9.17, 15) is 9.00 Å². The fourth-order valence-electron chi connectivity index (χ4n) is 1.29. The molecule has 1 aromatic carbocycles. The van der Waals surface area contributed by atoms with Crippen molar-refractivity contribution in [3.63, 3.8) is 0 Å². The van der Waals surface area contributed by atoms with Crippen LogP contribution in [0.25, 0.3) is 4.91 Å². The number of rotatable bonds is 1. The van der Waals surface area contributed by atoms with Crippen LogP contribution in [-0.4, -0.2) is 26.6 Å². The number of phenols is 1. The molecule has 1 aliphatic rings.